The fraction of sp³-hybridized carbons (Fsp3) is 0.588. The quantitative estimate of drug-likeness (QED) is 0.433. The monoisotopic (exact) mass is 425 g/mol. The highest BCUT2D eigenvalue weighted by molar-refractivity contribution is 7.39. The van der Waals surface area contributed by atoms with Crippen LogP contribution in [-0.4, -0.2) is 36.7 Å². The van der Waals surface area contributed by atoms with E-state index < -0.39 is 31.9 Å². The normalized spacial score (nSPS) is 13.5. The van der Waals surface area contributed by atoms with Gasteiger partial charge in [-0.3, -0.25) is 0 Å². The lowest BCUT2D eigenvalue weighted by molar-refractivity contribution is -0.149. The molecule has 146 valence electrons. The summed E-state index contributed by atoms with van der Waals surface area (Å²) >= 11 is 11.8. The van der Waals surface area contributed by atoms with Crippen LogP contribution in [0.2, 0.25) is 10.0 Å². The molecule has 0 aliphatic carbocycles. The van der Waals surface area contributed by atoms with Crippen molar-refractivity contribution in [2.75, 3.05) is 19.8 Å². The van der Waals surface area contributed by atoms with Crippen LogP contribution in [0.25, 0.3) is 0 Å². The van der Waals surface area contributed by atoms with Crippen molar-refractivity contribution in [2.24, 2.45) is 11.3 Å². The number of esters is 1. The van der Waals surface area contributed by atoms with Gasteiger partial charge in [-0.2, -0.15) is 0 Å². The molecule has 2 atom stereocenters. The van der Waals surface area contributed by atoms with E-state index >= 15 is 0 Å². The van der Waals surface area contributed by atoms with Crippen molar-refractivity contribution < 1.29 is 28.5 Å². The molecule has 26 heavy (non-hydrogen) atoms. The van der Waals surface area contributed by atoms with Gasteiger partial charge in [0.2, 0.25) is 0 Å². The lowest BCUT2D eigenvalue weighted by Gasteiger charge is -2.18. The first-order valence-corrected chi connectivity index (χ1v) is 10.0. The average Bonchev–Trinajstić information content (AvgIpc) is 2.56. The third-order valence-electron chi connectivity index (χ3n) is 3.28. The molecule has 0 aromatic heterocycles. The molecule has 0 radical (unpaired) electrons. The second-order valence-corrected chi connectivity index (χ2v) is 9.05. The summed E-state index contributed by atoms with van der Waals surface area (Å²) in [6, 6.07) is 4.62. The van der Waals surface area contributed by atoms with Gasteiger partial charge >= 0.3 is 19.8 Å². The van der Waals surface area contributed by atoms with E-state index in [1.165, 1.54) is 6.07 Å². The molecule has 0 saturated carbocycles. The van der Waals surface area contributed by atoms with Crippen LogP contribution in [-0.2, 0) is 18.6 Å². The topological polar surface area (TPSA) is 82.1 Å². The molecule has 9 heteroatoms. The molecule has 6 nitrogen and oxygen atoms in total. The fourth-order valence-electron chi connectivity index (χ4n) is 1.68. The number of benzene rings is 1. The molecule has 0 spiro atoms. The van der Waals surface area contributed by atoms with Gasteiger partial charge in [-0.25, -0.2) is 4.79 Å². The van der Waals surface area contributed by atoms with E-state index in [1.807, 2.05) is 0 Å². The Hall–Kier alpha value is -0.910. The first-order valence-electron chi connectivity index (χ1n) is 8.03. The first kappa shape index (κ1) is 23.1. The minimum atomic E-state index is -2.26. The van der Waals surface area contributed by atoms with Gasteiger partial charge in [0.25, 0.3) is 0 Å². The summed E-state index contributed by atoms with van der Waals surface area (Å²) in [4.78, 5) is 12.0. The molecule has 0 saturated heterocycles. The maximum absolute atomic E-state index is 12.3. The molecule has 1 rings (SSSR count). The van der Waals surface area contributed by atoms with Crippen LogP contribution >= 0.6 is 31.2 Å². The molecule has 2 unspecified atom stereocenters. The number of ether oxygens (including phenoxy) is 2. The smallest absolute Gasteiger partial charge is 0.480 e. The van der Waals surface area contributed by atoms with E-state index in [4.69, 9.17) is 37.2 Å². The Morgan fingerprint density at radius 3 is 2.50 bits per heavy atom. The van der Waals surface area contributed by atoms with Crippen LogP contribution in [0.15, 0.2) is 18.2 Å². The van der Waals surface area contributed by atoms with E-state index in [2.05, 4.69) is 0 Å². The molecule has 1 aromatic carbocycles. The summed E-state index contributed by atoms with van der Waals surface area (Å²) in [7, 11) is -2.26. The first-order chi connectivity index (χ1) is 12.1. The Labute approximate surface area is 164 Å². The van der Waals surface area contributed by atoms with Gasteiger partial charge in [-0.1, -0.05) is 50.9 Å². The van der Waals surface area contributed by atoms with Crippen molar-refractivity contribution in [3.63, 3.8) is 0 Å². The van der Waals surface area contributed by atoms with Crippen LogP contribution in [0.5, 0.6) is 5.75 Å². The van der Waals surface area contributed by atoms with Crippen molar-refractivity contribution in [2.45, 2.75) is 33.5 Å². The minimum absolute atomic E-state index is 0.0797. The van der Waals surface area contributed by atoms with Crippen molar-refractivity contribution in [1.82, 2.24) is 0 Å². The van der Waals surface area contributed by atoms with Crippen LogP contribution < -0.4 is 4.74 Å². The number of hydrogen-bond donors (Lipinski definition) is 1. The summed E-state index contributed by atoms with van der Waals surface area (Å²) in [6.45, 7) is 6.65. The molecule has 1 N–H and O–H groups in total. The summed E-state index contributed by atoms with van der Waals surface area (Å²) in [5.74, 6) is -1.54. The number of halogens is 2. The number of carbonyl (C=O) groups excluding carboxylic acids is 1. The van der Waals surface area contributed by atoms with Gasteiger partial charge in [0.05, 0.1) is 11.6 Å². The highest BCUT2D eigenvalue weighted by Gasteiger charge is 2.41. The fourth-order valence-corrected chi connectivity index (χ4v) is 3.45. The lowest BCUT2D eigenvalue weighted by atomic mass is 9.97. The molecule has 0 aliphatic rings. The number of rotatable bonds is 10. The van der Waals surface area contributed by atoms with Crippen LogP contribution in [0.3, 0.4) is 0 Å². The number of aliphatic hydroxyl groups is 1. The molecular formula is C17H24Cl2O6P+. The Morgan fingerprint density at radius 1 is 1.31 bits per heavy atom. The van der Waals surface area contributed by atoms with E-state index in [9.17, 15) is 14.5 Å². The zero-order valence-electron chi connectivity index (χ0n) is 15.2. The predicted molar refractivity (Wildman–Crippen MR) is 101 cm³/mol. The highest BCUT2D eigenvalue weighted by Crippen LogP contribution is 2.37. The summed E-state index contributed by atoms with van der Waals surface area (Å²) in [5, 5.41) is 9.94. The molecule has 1 aromatic rings. The van der Waals surface area contributed by atoms with E-state index in [0.717, 1.165) is 0 Å². The maximum atomic E-state index is 12.3. The van der Waals surface area contributed by atoms with E-state index in [0.29, 0.717) is 10.8 Å². The molecule has 0 aliphatic heterocycles. The molecule has 0 heterocycles. The zero-order valence-corrected chi connectivity index (χ0v) is 17.6. The molecule has 0 fully saturated rings. The van der Waals surface area contributed by atoms with Gasteiger partial charge in [0, 0.05) is 16.4 Å². The van der Waals surface area contributed by atoms with Gasteiger partial charge in [0.15, 0.2) is 6.61 Å². The summed E-state index contributed by atoms with van der Waals surface area (Å²) < 4.78 is 28.2. The maximum Gasteiger partial charge on any atom is 0.553 e. The third kappa shape index (κ3) is 7.77. The zero-order chi connectivity index (χ0) is 19.9. The van der Waals surface area contributed by atoms with Crippen molar-refractivity contribution in [3.05, 3.63) is 28.2 Å². The highest BCUT2D eigenvalue weighted by atomic mass is 35.5. The molecule has 0 amide bonds. The van der Waals surface area contributed by atoms with Crippen molar-refractivity contribution >= 4 is 37.2 Å². The van der Waals surface area contributed by atoms with Crippen LogP contribution in [0.1, 0.15) is 27.7 Å². The predicted octanol–water partition coefficient (Wildman–Crippen LogP) is 4.68. The van der Waals surface area contributed by atoms with Crippen molar-refractivity contribution in [1.29, 1.82) is 0 Å². The SMILES string of the molecule is CC(C)C(OC(=O)COc1ccc(Cl)cc1Cl)[P+](=O)OCC(C)(C)CO. The van der Waals surface area contributed by atoms with Gasteiger partial charge in [-0.05, 0) is 22.8 Å². The van der Waals surface area contributed by atoms with Crippen LogP contribution in [0, 0.1) is 11.3 Å². The van der Waals surface area contributed by atoms with Gasteiger partial charge in [-0.15, -0.1) is 4.52 Å². The Morgan fingerprint density at radius 2 is 1.96 bits per heavy atom. The number of carbonyl (C=O) groups is 1. The van der Waals surface area contributed by atoms with Crippen molar-refractivity contribution in [3.8, 4) is 5.75 Å². The largest absolute Gasteiger partial charge is 0.553 e. The second kappa shape index (κ2) is 10.4. The standard InChI is InChI=1S/C17H24Cl2O6P/c1-11(2)16(26(22)24-10-17(3,4)9-20)25-15(21)8-23-14-6-5-12(18)7-13(14)19/h5-7,11,16,20H,8-10H2,1-4H3/q+1. The van der Waals surface area contributed by atoms with Crippen LogP contribution in [0.4, 0.5) is 0 Å². The van der Waals surface area contributed by atoms with Gasteiger partial charge < -0.3 is 14.6 Å². The molecule has 0 bridgehead atoms. The number of aliphatic hydroxyl groups excluding tert-OH is 1. The Kier molecular flexibility index (Phi) is 9.28. The van der Waals surface area contributed by atoms with Gasteiger partial charge in [0.1, 0.15) is 12.4 Å². The lowest BCUT2D eigenvalue weighted by Crippen LogP contribution is -2.27. The third-order valence-corrected chi connectivity index (χ3v) is 5.31. The second-order valence-electron chi connectivity index (χ2n) is 6.87. The Balaban J connectivity index is 2.60. The summed E-state index contributed by atoms with van der Waals surface area (Å²) in [5.41, 5.74) is -0.537. The van der Waals surface area contributed by atoms with E-state index in [-0.39, 0.29) is 24.2 Å². The average molecular weight is 426 g/mol. The molecular weight excluding hydrogens is 402 g/mol. The minimum Gasteiger partial charge on any atom is -0.480 e. The van der Waals surface area contributed by atoms with E-state index in [1.54, 1.807) is 39.8 Å². The number of hydrogen-bond acceptors (Lipinski definition) is 6. The summed E-state index contributed by atoms with van der Waals surface area (Å²) in [6.07, 6.45) is 0. The Bertz CT molecular complexity index is 636.